The highest BCUT2D eigenvalue weighted by atomic mass is 35.5. The Hall–Kier alpha value is -1.68. The Labute approximate surface area is 89.9 Å². The summed E-state index contributed by atoms with van der Waals surface area (Å²) in [6, 6.07) is 5.83. The van der Waals surface area contributed by atoms with Gasteiger partial charge in [-0.3, -0.25) is 9.89 Å². The predicted molar refractivity (Wildman–Crippen MR) is 54.4 cm³/mol. The molecule has 0 aliphatic carbocycles. The number of benzene rings is 1. The monoisotopic (exact) mass is 224 g/mol. The van der Waals surface area contributed by atoms with Gasteiger partial charge in [0.25, 0.3) is 0 Å². The molecule has 0 saturated carbocycles. The highest BCUT2D eigenvalue weighted by molar-refractivity contribution is 6.31. The predicted octanol–water partition coefficient (Wildman–Crippen LogP) is 2.68. The summed E-state index contributed by atoms with van der Waals surface area (Å²) in [6.07, 6.45) is 0.654. The second-order valence-corrected chi connectivity index (χ2v) is 3.36. The van der Waals surface area contributed by atoms with Crippen molar-refractivity contribution < 1.29 is 9.18 Å². The molecule has 0 spiro atoms. The zero-order valence-corrected chi connectivity index (χ0v) is 8.25. The highest BCUT2D eigenvalue weighted by Crippen LogP contribution is 2.23. The fraction of sp³-hybridized carbons (Fsp3) is 0. The number of aldehydes is 1. The third-order valence-corrected chi connectivity index (χ3v) is 2.23. The first kappa shape index (κ1) is 9.86. The summed E-state index contributed by atoms with van der Waals surface area (Å²) in [5.41, 5.74) is 1.58. The Balaban J connectivity index is 2.44. The van der Waals surface area contributed by atoms with E-state index >= 15 is 0 Å². The number of hydrogen-bond acceptors (Lipinski definition) is 2. The Kier molecular flexibility index (Phi) is 2.51. The van der Waals surface area contributed by atoms with Crippen LogP contribution in [0.4, 0.5) is 4.39 Å². The number of carbonyl (C=O) groups is 1. The Morgan fingerprint density at radius 2 is 2.20 bits per heavy atom. The van der Waals surface area contributed by atoms with Crippen LogP contribution in [0.1, 0.15) is 10.5 Å². The van der Waals surface area contributed by atoms with Gasteiger partial charge in [0.05, 0.1) is 16.4 Å². The number of aromatic amines is 1. The van der Waals surface area contributed by atoms with Gasteiger partial charge in [0.2, 0.25) is 0 Å². The van der Waals surface area contributed by atoms with Gasteiger partial charge in [0, 0.05) is 5.56 Å². The van der Waals surface area contributed by atoms with E-state index in [1.54, 1.807) is 12.1 Å². The minimum atomic E-state index is -0.480. The van der Waals surface area contributed by atoms with Crippen molar-refractivity contribution in [3.63, 3.8) is 0 Å². The van der Waals surface area contributed by atoms with E-state index in [1.807, 2.05) is 0 Å². The third-order valence-electron chi connectivity index (χ3n) is 1.94. The fourth-order valence-corrected chi connectivity index (χ4v) is 1.38. The van der Waals surface area contributed by atoms with Crippen LogP contribution in [0.15, 0.2) is 24.3 Å². The van der Waals surface area contributed by atoms with Crippen LogP contribution in [-0.4, -0.2) is 16.5 Å². The number of nitrogens with one attached hydrogen (secondary N) is 1. The summed E-state index contributed by atoms with van der Waals surface area (Å²) in [5, 5.41) is 6.45. The molecule has 0 bridgehead atoms. The van der Waals surface area contributed by atoms with Gasteiger partial charge in [0.1, 0.15) is 5.82 Å². The van der Waals surface area contributed by atoms with Crippen molar-refractivity contribution >= 4 is 17.9 Å². The van der Waals surface area contributed by atoms with Crippen molar-refractivity contribution in [2.45, 2.75) is 0 Å². The van der Waals surface area contributed by atoms with Crippen LogP contribution in [0.3, 0.4) is 0 Å². The standard InChI is InChI=1S/C10H6ClFN2O/c11-8-3-6(1-2-9(8)12)10-4-7(5-15)13-14-10/h1-5H,(H,13,14). The first-order valence-corrected chi connectivity index (χ1v) is 4.54. The quantitative estimate of drug-likeness (QED) is 0.798. The van der Waals surface area contributed by atoms with Crippen molar-refractivity contribution in [1.82, 2.24) is 10.2 Å². The maximum absolute atomic E-state index is 12.9. The molecule has 0 aliphatic rings. The number of halogens is 2. The molecule has 1 N–H and O–H groups in total. The van der Waals surface area contributed by atoms with Gasteiger partial charge in [-0.15, -0.1) is 0 Å². The van der Waals surface area contributed by atoms with Gasteiger partial charge in [-0.1, -0.05) is 11.6 Å². The molecule has 5 heteroatoms. The number of aromatic nitrogens is 2. The molecule has 1 aromatic carbocycles. The molecule has 76 valence electrons. The summed E-state index contributed by atoms with van der Waals surface area (Å²) < 4.78 is 12.9. The Morgan fingerprint density at radius 3 is 2.80 bits per heavy atom. The van der Waals surface area contributed by atoms with Crippen molar-refractivity contribution in [3.8, 4) is 11.3 Å². The number of rotatable bonds is 2. The van der Waals surface area contributed by atoms with E-state index in [1.165, 1.54) is 12.1 Å². The van der Waals surface area contributed by atoms with E-state index in [9.17, 15) is 9.18 Å². The average molecular weight is 225 g/mol. The Bertz CT molecular complexity index is 510. The fourth-order valence-electron chi connectivity index (χ4n) is 1.20. The van der Waals surface area contributed by atoms with Gasteiger partial charge in [-0.25, -0.2) is 4.39 Å². The summed E-state index contributed by atoms with van der Waals surface area (Å²) in [5.74, 6) is -0.480. The van der Waals surface area contributed by atoms with Crippen molar-refractivity contribution in [2.75, 3.05) is 0 Å². The zero-order valence-electron chi connectivity index (χ0n) is 7.50. The van der Waals surface area contributed by atoms with Crippen LogP contribution in [0.5, 0.6) is 0 Å². The molecule has 2 rings (SSSR count). The lowest BCUT2D eigenvalue weighted by atomic mass is 10.1. The summed E-state index contributed by atoms with van der Waals surface area (Å²) in [6.45, 7) is 0. The largest absolute Gasteiger partial charge is 0.296 e. The van der Waals surface area contributed by atoms with Gasteiger partial charge in [-0.2, -0.15) is 5.10 Å². The lowest BCUT2D eigenvalue weighted by Crippen LogP contribution is -1.81. The second kappa shape index (κ2) is 3.82. The van der Waals surface area contributed by atoms with E-state index < -0.39 is 5.82 Å². The summed E-state index contributed by atoms with van der Waals surface area (Å²) in [7, 11) is 0. The van der Waals surface area contributed by atoms with Crippen LogP contribution in [0, 0.1) is 5.82 Å². The van der Waals surface area contributed by atoms with Gasteiger partial charge in [0.15, 0.2) is 6.29 Å². The molecule has 1 heterocycles. The van der Waals surface area contributed by atoms with E-state index in [-0.39, 0.29) is 5.02 Å². The maximum atomic E-state index is 12.9. The molecular formula is C10H6ClFN2O. The average Bonchev–Trinajstić information content (AvgIpc) is 2.70. The number of carbonyl (C=O) groups excluding carboxylic acids is 1. The molecule has 15 heavy (non-hydrogen) atoms. The highest BCUT2D eigenvalue weighted by Gasteiger charge is 2.06. The van der Waals surface area contributed by atoms with E-state index in [2.05, 4.69) is 10.2 Å². The minimum absolute atomic E-state index is 0.0307. The van der Waals surface area contributed by atoms with E-state index in [4.69, 9.17) is 11.6 Å². The normalized spacial score (nSPS) is 10.3. The molecule has 0 amide bonds. The SMILES string of the molecule is O=Cc1cc(-c2ccc(F)c(Cl)c2)n[nH]1. The number of H-pyrrole nitrogens is 1. The van der Waals surface area contributed by atoms with Crippen LogP contribution >= 0.6 is 11.6 Å². The number of hydrogen-bond donors (Lipinski definition) is 1. The molecule has 0 radical (unpaired) electrons. The van der Waals surface area contributed by atoms with Crippen molar-refractivity contribution in [2.24, 2.45) is 0 Å². The minimum Gasteiger partial charge on any atom is -0.296 e. The summed E-state index contributed by atoms with van der Waals surface area (Å²) in [4.78, 5) is 10.4. The molecule has 0 saturated heterocycles. The van der Waals surface area contributed by atoms with Crippen LogP contribution in [0.25, 0.3) is 11.3 Å². The van der Waals surface area contributed by atoms with E-state index in [0.717, 1.165) is 0 Å². The molecule has 2 aromatic rings. The van der Waals surface area contributed by atoms with Gasteiger partial charge in [-0.05, 0) is 24.3 Å². The van der Waals surface area contributed by atoms with Gasteiger partial charge < -0.3 is 0 Å². The molecule has 0 unspecified atom stereocenters. The lowest BCUT2D eigenvalue weighted by molar-refractivity contribution is 0.111. The Morgan fingerprint density at radius 1 is 1.40 bits per heavy atom. The molecule has 3 nitrogen and oxygen atoms in total. The topological polar surface area (TPSA) is 45.8 Å². The molecule has 1 aromatic heterocycles. The molecular weight excluding hydrogens is 219 g/mol. The molecule has 0 fully saturated rings. The molecule has 0 aliphatic heterocycles. The smallest absolute Gasteiger partial charge is 0.167 e. The van der Waals surface area contributed by atoms with Gasteiger partial charge >= 0.3 is 0 Å². The van der Waals surface area contributed by atoms with Crippen LogP contribution < -0.4 is 0 Å². The second-order valence-electron chi connectivity index (χ2n) is 2.96. The maximum Gasteiger partial charge on any atom is 0.167 e. The van der Waals surface area contributed by atoms with E-state index in [0.29, 0.717) is 23.2 Å². The van der Waals surface area contributed by atoms with Crippen LogP contribution in [0.2, 0.25) is 5.02 Å². The number of nitrogens with zero attached hydrogens (tertiary/aromatic N) is 1. The zero-order chi connectivity index (χ0) is 10.8. The third kappa shape index (κ3) is 1.89. The van der Waals surface area contributed by atoms with Crippen molar-refractivity contribution in [3.05, 3.63) is 40.8 Å². The molecule has 0 atom stereocenters. The first-order valence-electron chi connectivity index (χ1n) is 4.16. The lowest BCUT2D eigenvalue weighted by Gasteiger charge is -1.97. The summed E-state index contributed by atoms with van der Waals surface area (Å²) >= 11 is 5.62. The van der Waals surface area contributed by atoms with Crippen LogP contribution in [-0.2, 0) is 0 Å². The van der Waals surface area contributed by atoms with Crippen molar-refractivity contribution in [1.29, 1.82) is 0 Å². The first-order chi connectivity index (χ1) is 7.20.